The van der Waals surface area contributed by atoms with E-state index in [9.17, 15) is 9.00 Å². The van der Waals surface area contributed by atoms with Gasteiger partial charge in [0, 0.05) is 65.8 Å². The van der Waals surface area contributed by atoms with Crippen molar-refractivity contribution in [3.05, 3.63) is 70.3 Å². The van der Waals surface area contributed by atoms with Crippen molar-refractivity contribution in [3.8, 4) is 5.75 Å². The molecule has 0 radical (unpaired) electrons. The van der Waals surface area contributed by atoms with Gasteiger partial charge < -0.3 is 15.0 Å². The molecule has 10 heteroatoms. The smallest absolute Gasteiger partial charge is 0.263 e. The van der Waals surface area contributed by atoms with E-state index in [4.69, 9.17) is 16.3 Å². The molecule has 4 aliphatic rings. The Morgan fingerprint density at radius 3 is 2.84 bits per heavy atom. The molecule has 2 heterocycles. The first kappa shape index (κ1) is 36.7. The fourth-order valence-corrected chi connectivity index (χ4v) is 9.82. The van der Waals surface area contributed by atoms with E-state index in [1.165, 1.54) is 41.9 Å². The SMILES string of the molecule is CC/C=C/C(C1CCC1CN1C[C@@]2(CCCc3cc(Cl)ccc32)COc2ccc(C(=O)NS(=O)C(C)C)cc21)N1CCCSCCNCC1. The number of carbonyl (C=O) groups is 1. The van der Waals surface area contributed by atoms with Crippen LogP contribution < -0.4 is 19.7 Å². The van der Waals surface area contributed by atoms with Crippen LogP contribution in [-0.4, -0.2) is 83.7 Å². The van der Waals surface area contributed by atoms with Crippen LogP contribution in [0.3, 0.4) is 0 Å². The molecule has 2 aliphatic heterocycles. The maximum atomic E-state index is 13.3. The minimum atomic E-state index is -1.45. The van der Waals surface area contributed by atoms with Crippen molar-refractivity contribution < 1.29 is 13.7 Å². The summed E-state index contributed by atoms with van der Waals surface area (Å²) in [6.45, 7) is 12.6. The van der Waals surface area contributed by atoms with E-state index in [1.807, 2.05) is 38.1 Å². The lowest BCUT2D eigenvalue weighted by Crippen LogP contribution is -2.53. The molecule has 1 saturated heterocycles. The van der Waals surface area contributed by atoms with Gasteiger partial charge in [0.05, 0.1) is 12.3 Å². The Morgan fingerprint density at radius 1 is 1.16 bits per heavy atom. The van der Waals surface area contributed by atoms with Crippen LogP contribution in [0.1, 0.15) is 80.8 Å². The second-order valence-electron chi connectivity index (χ2n) is 14.6. The van der Waals surface area contributed by atoms with E-state index in [2.05, 4.69) is 62.8 Å². The number of thioether (sulfide) groups is 1. The molecule has 6 rings (SSSR count). The number of carbonyl (C=O) groups excluding carboxylic acids is 1. The third-order valence-electron chi connectivity index (χ3n) is 11.0. The molecule has 2 N–H and O–H groups in total. The van der Waals surface area contributed by atoms with Gasteiger partial charge in [0.1, 0.15) is 16.7 Å². The Hall–Kier alpha value is -2.04. The Balaban J connectivity index is 1.32. The minimum Gasteiger partial charge on any atom is -0.490 e. The second kappa shape index (κ2) is 17.0. The van der Waals surface area contributed by atoms with Crippen molar-refractivity contribution in [2.45, 2.75) is 82.4 Å². The Bertz CT molecular complexity index is 1490. The van der Waals surface area contributed by atoms with Crippen LogP contribution in [0.2, 0.25) is 5.02 Å². The first-order valence-electron chi connectivity index (χ1n) is 18.5. The monoisotopic (exact) mass is 726 g/mol. The number of aryl methyl sites for hydroxylation is 1. The first-order valence-corrected chi connectivity index (χ1v) is 21.2. The van der Waals surface area contributed by atoms with Crippen molar-refractivity contribution in [1.82, 2.24) is 14.9 Å². The summed E-state index contributed by atoms with van der Waals surface area (Å²) in [6, 6.07) is 12.6. The van der Waals surface area contributed by atoms with E-state index < -0.39 is 11.0 Å². The van der Waals surface area contributed by atoms with Gasteiger partial charge in [-0.25, -0.2) is 4.21 Å². The summed E-state index contributed by atoms with van der Waals surface area (Å²) in [6.07, 6.45) is 12.8. The summed E-state index contributed by atoms with van der Waals surface area (Å²) in [4.78, 5) is 18.6. The lowest BCUT2D eigenvalue weighted by Gasteiger charge is -2.48. The maximum Gasteiger partial charge on any atom is 0.263 e. The number of anilines is 1. The predicted octanol–water partition coefficient (Wildman–Crippen LogP) is 7.00. The number of rotatable bonds is 9. The van der Waals surface area contributed by atoms with Crippen LogP contribution in [0.5, 0.6) is 5.75 Å². The second-order valence-corrected chi connectivity index (χ2v) is 18.0. The van der Waals surface area contributed by atoms with Crippen LogP contribution in [0.4, 0.5) is 5.69 Å². The molecule has 0 bridgehead atoms. The Labute approximate surface area is 305 Å². The zero-order valence-electron chi connectivity index (χ0n) is 29.6. The van der Waals surface area contributed by atoms with E-state index >= 15 is 0 Å². The highest BCUT2D eigenvalue weighted by atomic mass is 35.5. The summed E-state index contributed by atoms with van der Waals surface area (Å²) in [5.41, 5.74) is 3.97. The number of ether oxygens (including phenoxy) is 1. The molecule has 7 nitrogen and oxygen atoms in total. The highest BCUT2D eigenvalue weighted by molar-refractivity contribution is 7.99. The summed E-state index contributed by atoms with van der Waals surface area (Å²) in [5, 5.41) is 4.30. The predicted molar refractivity (Wildman–Crippen MR) is 207 cm³/mol. The fourth-order valence-electron chi connectivity index (χ4n) is 8.26. The van der Waals surface area contributed by atoms with Crippen molar-refractivity contribution in [2.75, 3.05) is 62.3 Å². The van der Waals surface area contributed by atoms with Gasteiger partial charge in [-0.2, -0.15) is 11.8 Å². The summed E-state index contributed by atoms with van der Waals surface area (Å²) >= 11 is 8.57. The van der Waals surface area contributed by atoms with Crippen LogP contribution in [-0.2, 0) is 22.8 Å². The van der Waals surface area contributed by atoms with Gasteiger partial charge in [-0.1, -0.05) is 36.7 Å². The zero-order valence-corrected chi connectivity index (χ0v) is 31.9. The van der Waals surface area contributed by atoms with Crippen molar-refractivity contribution in [1.29, 1.82) is 0 Å². The third kappa shape index (κ3) is 8.71. The van der Waals surface area contributed by atoms with E-state index in [-0.39, 0.29) is 16.6 Å². The molecule has 268 valence electrons. The van der Waals surface area contributed by atoms with Gasteiger partial charge in [-0.05, 0) is 124 Å². The molecule has 1 amide bonds. The Kier molecular flexibility index (Phi) is 12.7. The van der Waals surface area contributed by atoms with Gasteiger partial charge in [0.25, 0.3) is 5.91 Å². The van der Waals surface area contributed by atoms with Gasteiger partial charge in [0.15, 0.2) is 0 Å². The number of amides is 1. The number of allylic oxidation sites excluding steroid dienone is 1. The molecular formula is C39H55ClN4O3S2. The lowest BCUT2D eigenvalue weighted by molar-refractivity contribution is 0.0710. The van der Waals surface area contributed by atoms with Crippen molar-refractivity contribution in [3.63, 3.8) is 0 Å². The number of fused-ring (bicyclic) bond motifs is 3. The summed E-state index contributed by atoms with van der Waals surface area (Å²) < 4.78 is 22.0. The minimum absolute atomic E-state index is 0.161. The summed E-state index contributed by atoms with van der Waals surface area (Å²) in [7, 11) is -1.45. The molecule has 1 saturated carbocycles. The van der Waals surface area contributed by atoms with E-state index in [0.29, 0.717) is 30.0 Å². The zero-order chi connectivity index (χ0) is 34.4. The number of halogens is 1. The van der Waals surface area contributed by atoms with Gasteiger partial charge >= 0.3 is 0 Å². The number of hydrogen-bond acceptors (Lipinski definition) is 7. The number of nitrogens with zero attached hydrogens (tertiary/aromatic N) is 2. The maximum absolute atomic E-state index is 13.3. The lowest BCUT2D eigenvalue weighted by atomic mass is 9.67. The highest BCUT2D eigenvalue weighted by Crippen LogP contribution is 2.47. The molecule has 2 aromatic rings. The normalized spacial score (nSPS) is 26.3. The highest BCUT2D eigenvalue weighted by Gasteiger charge is 2.45. The van der Waals surface area contributed by atoms with Crippen molar-refractivity contribution in [2.24, 2.45) is 11.8 Å². The molecular weight excluding hydrogens is 672 g/mol. The van der Waals surface area contributed by atoms with Crippen molar-refractivity contribution >= 4 is 45.9 Å². The van der Waals surface area contributed by atoms with E-state index in [0.717, 1.165) is 81.4 Å². The van der Waals surface area contributed by atoms with E-state index in [1.54, 1.807) is 0 Å². The number of nitrogens with one attached hydrogen (secondary N) is 2. The Morgan fingerprint density at radius 2 is 2.04 bits per heavy atom. The summed E-state index contributed by atoms with van der Waals surface area (Å²) in [5.74, 6) is 4.01. The standard InChI is InChI=1S/C39H55ClN4O3S2/c1-4-5-9-35(43-19-7-21-48-22-18-41-17-20-43)33-13-10-31(33)25-44-26-39(16-6-8-29-23-32(40)12-14-34(29)39)27-47-37-15-11-30(24-36(37)44)38(45)42-49(46)28(2)3/h5,9,11-12,14-15,23-24,28,31,33,35,41H,4,6-8,10,13,16-22,25-27H2,1-3H3,(H,42,45)/b9-5+/t31?,33?,35?,39-,49?/m0/s1. The quantitative estimate of drug-likeness (QED) is 0.270. The van der Waals surface area contributed by atoms with Crippen LogP contribution >= 0.6 is 23.4 Å². The molecule has 4 unspecified atom stereocenters. The molecule has 2 aromatic carbocycles. The van der Waals surface area contributed by atoms with Gasteiger partial charge in [-0.3, -0.25) is 14.4 Å². The first-order chi connectivity index (χ1) is 23.8. The molecule has 0 aromatic heterocycles. The molecule has 1 spiro atoms. The molecule has 2 aliphatic carbocycles. The third-order valence-corrected chi connectivity index (χ3v) is 13.6. The number of benzene rings is 2. The molecule has 5 atom stereocenters. The number of hydrogen-bond donors (Lipinski definition) is 2. The van der Waals surface area contributed by atoms with Gasteiger partial charge in [-0.15, -0.1) is 0 Å². The topological polar surface area (TPSA) is 73.9 Å². The average Bonchev–Trinajstić information content (AvgIpc) is 3.23. The van der Waals surface area contributed by atoms with Crippen LogP contribution in [0.25, 0.3) is 0 Å². The van der Waals surface area contributed by atoms with Crippen LogP contribution in [0.15, 0.2) is 48.6 Å². The largest absolute Gasteiger partial charge is 0.490 e. The van der Waals surface area contributed by atoms with Gasteiger partial charge in [0.2, 0.25) is 0 Å². The fraction of sp³-hybridized carbons (Fsp3) is 0.615. The average molecular weight is 727 g/mol. The molecule has 49 heavy (non-hydrogen) atoms. The molecule has 2 fully saturated rings. The van der Waals surface area contributed by atoms with Crippen LogP contribution in [0, 0.1) is 11.8 Å².